The second kappa shape index (κ2) is 5.79. The van der Waals surface area contributed by atoms with Gasteiger partial charge in [-0.15, -0.1) is 0 Å². The topological polar surface area (TPSA) is 72.5 Å². The average Bonchev–Trinajstić information content (AvgIpc) is 2.93. The van der Waals surface area contributed by atoms with Crippen LogP contribution in [-0.2, 0) is 0 Å². The second-order valence-electron chi connectivity index (χ2n) is 6.33. The standard InChI is InChI=1S/C17H19N3O3/c1-17(2,3)20-16(21)13-8-12(6-7-18-13)19-11-4-5-14-15(9-11)23-10-22-14/h4-9H,10H2,1-3H3,(H,18,19)(H,20,21). The van der Waals surface area contributed by atoms with Gasteiger partial charge in [-0.25, -0.2) is 0 Å². The van der Waals surface area contributed by atoms with Gasteiger partial charge in [-0.2, -0.15) is 0 Å². The largest absolute Gasteiger partial charge is 0.454 e. The third kappa shape index (κ3) is 3.71. The summed E-state index contributed by atoms with van der Waals surface area (Å²) in [5.41, 5.74) is 1.69. The molecule has 0 atom stereocenters. The van der Waals surface area contributed by atoms with Gasteiger partial charge < -0.3 is 20.1 Å². The molecule has 1 aliphatic rings. The number of ether oxygens (including phenoxy) is 2. The Morgan fingerprint density at radius 1 is 1.09 bits per heavy atom. The number of benzene rings is 1. The first kappa shape index (κ1) is 15.1. The van der Waals surface area contributed by atoms with Gasteiger partial charge in [-0.05, 0) is 45.0 Å². The van der Waals surface area contributed by atoms with Crippen LogP contribution < -0.4 is 20.1 Å². The molecule has 23 heavy (non-hydrogen) atoms. The Morgan fingerprint density at radius 2 is 1.83 bits per heavy atom. The van der Waals surface area contributed by atoms with Crippen molar-refractivity contribution in [2.75, 3.05) is 12.1 Å². The number of pyridine rings is 1. The first-order chi connectivity index (χ1) is 10.9. The first-order valence-electron chi connectivity index (χ1n) is 7.36. The third-order valence-electron chi connectivity index (χ3n) is 3.14. The molecule has 1 amide bonds. The molecule has 0 bridgehead atoms. The number of rotatable bonds is 3. The highest BCUT2D eigenvalue weighted by Gasteiger charge is 2.17. The Bertz CT molecular complexity index is 738. The summed E-state index contributed by atoms with van der Waals surface area (Å²) in [6.45, 7) is 6.03. The highest BCUT2D eigenvalue weighted by Crippen LogP contribution is 2.35. The number of hydrogen-bond donors (Lipinski definition) is 2. The molecule has 0 radical (unpaired) electrons. The molecule has 0 aliphatic carbocycles. The minimum Gasteiger partial charge on any atom is -0.454 e. The van der Waals surface area contributed by atoms with Crippen LogP contribution in [0.15, 0.2) is 36.5 Å². The molecule has 6 nitrogen and oxygen atoms in total. The molecule has 2 N–H and O–H groups in total. The third-order valence-corrected chi connectivity index (χ3v) is 3.14. The summed E-state index contributed by atoms with van der Waals surface area (Å²) in [5.74, 6) is 1.23. The lowest BCUT2D eigenvalue weighted by Gasteiger charge is -2.20. The van der Waals surface area contributed by atoms with Gasteiger partial charge in [-0.1, -0.05) is 0 Å². The fraction of sp³-hybridized carbons (Fsp3) is 0.294. The lowest BCUT2D eigenvalue weighted by molar-refractivity contribution is 0.0914. The van der Waals surface area contributed by atoms with Crippen molar-refractivity contribution >= 4 is 17.3 Å². The molecule has 2 heterocycles. The van der Waals surface area contributed by atoms with Gasteiger partial charge in [0.05, 0.1) is 0 Å². The van der Waals surface area contributed by atoms with E-state index in [0.717, 1.165) is 17.1 Å². The Morgan fingerprint density at radius 3 is 2.61 bits per heavy atom. The lowest BCUT2D eigenvalue weighted by Crippen LogP contribution is -2.40. The van der Waals surface area contributed by atoms with Crippen molar-refractivity contribution < 1.29 is 14.3 Å². The van der Waals surface area contributed by atoms with Crippen molar-refractivity contribution in [1.29, 1.82) is 0 Å². The zero-order valence-corrected chi connectivity index (χ0v) is 13.3. The fourth-order valence-electron chi connectivity index (χ4n) is 2.18. The number of carbonyl (C=O) groups is 1. The van der Waals surface area contributed by atoms with E-state index >= 15 is 0 Å². The summed E-state index contributed by atoms with van der Waals surface area (Å²) in [7, 11) is 0. The number of amides is 1. The summed E-state index contributed by atoms with van der Waals surface area (Å²) < 4.78 is 10.6. The number of anilines is 2. The van der Waals surface area contributed by atoms with E-state index in [4.69, 9.17) is 9.47 Å². The van der Waals surface area contributed by atoms with E-state index in [9.17, 15) is 4.79 Å². The smallest absolute Gasteiger partial charge is 0.270 e. The van der Waals surface area contributed by atoms with Crippen molar-refractivity contribution in [2.24, 2.45) is 0 Å². The molecule has 1 aromatic carbocycles. The van der Waals surface area contributed by atoms with Gasteiger partial charge in [0.15, 0.2) is 11.5 Å². The van der Waals surface area contributed by atoms with Crippen LogP contribution in [0.5, 0.6) is 11.5 Å². The van der Waals surface area contributed by atoms with Crippen LogP contribution in [0.3, 0.4) is 0 Å². The Labute approximate surface area is 134 Å². The molecule has 0 fully saturated rings. The van der Waals surface area contributed by atoms with E-state index in [1.165, 1.54) is 0 Å². The van der Waals surface area contributed by atoms with Crippen LogP contribution in [0, 0.1) is 0 Å². The van der Waals surface area contributed by atoms with Crippen molar-refractivity contribution in [3.05, 3.63) is 42.2 Å². The highest BCUT2D eigenvalue weighted by molar-refractivity contribution is 5.93. The predicted octanol–water partition coefficient (Wildman–Crippen LogP) is 3.08. The fourth-order valence-corrected chi connectivity index (χ4v) is 2.18. The Balaban J connectivity index is 1.76. The summed E-state index contributed by atoms with van der Waals surface area (Å²) in [4.78, 5) is 16.3. The molecule has 0 unspecified atom stereocenters. The Kier molecular flexibility index (Phi) is 3.82. The van der Waals surface area contributed by atoms with Crippen LogP contribution in [0.25, 0.3) is 0 Å². The van der Waals surface area contributed by atoms with Crippen LogP contribution in [0.4, 0.5) is 11.4 Å². The van der Waals surface area contributed by atoms with Crippen LogP contribution in [0.1, 0.15) is 31.3 Å². The van der Waals surface area contributed by atoms with E-state index in [2.05, 4.69) is 15.6 Å². The Hall–Kier alpha value is -2.76. The summed E-state index contributed by atoms with van der Waals surface area (Å²) in [6.07, 6.45) is 1.60. The normalized spacial score (nSPS) is 12.8. The first-order valence-corrected chi connectivity index (χ1v) is 7.36. The molecule has 2 aromatic rings. The maximum atomic E-state index is 12.2. The summed E-state index contributed by atoms with van der Waals surface area (Å²) in [5, 5.41) is 6.13. The summed E-state index contributed by atoms with van der Waals surface area (Å²) >= 11 is 0. The molecular formula is C17H19N3O3. The van der Waals surface area contributed by atoms with Crippen LogP contribution in [-0.4, -0.2) is 23.2 Å². The molecule has 0 saturated heterocycles. The van der Waals surface area contributed by atoms with Gasteiger partial charge in [0.1, 0.15) is 5.69 Å². The number of aromatic nitrogens is 1. The van der Waals surface area contributed by atoms with Gasteiger partial charge in [0.2, 0.25) is 6.79 Å². The molecule has 3 rings (SSSR count). The van der Waals surface area contributed by atoms with Crippen LogP contribution in [0.2, 0.25) is 0 Å². The van der Waals surface area contributed by atoms with Crippen molar-refractivity contribution in [3.8, 4) is 11.5 Å². The van der Waals surface area contributed by atoms with Gasteiger partial charge in [0, 0.05) is 29.2 Å². The molecule has 0 spiro atoms. The average molecular weight is 313 g/mol. The number of nitrogens with zero attached hydrogens (tertiary/aromatic N) is 1. The molecule has 0 saturated carbocycles. The predicted molar refractivity (Wildman–Crippen MR) is 87.3 cm³/mol. The molecule has 6 heteroatoms. The van der Waals surface area contributed by atoms with E-state index in [1.807, 2.05) is 39.0 Å². The SMILES string of the molecule is CC(C)(C)NC(=O)c1cc(Nc2ccc3c(c2)OCO3)ccn1. The van der Waals surface area contributed by atoms with Gasteiger partial charge in [-0.3, -0.25) is 9.78 Å². The molecule has 120 valence electrons. The minimum absolute atomic E-state index is 0.202. The van der Waals surface area contributed by atoms with E-state index in [1.54, 1.807) is 18.3 Å². The molecule has 1 aliphatic heterocycles. The van der Waals surface area contributed by atoms with Crippen molar-refractivity contribution in [3.63, 3.8) is 0 Å². The number of nitrogens with one attached hydrogen (secondary N) is 2. The molecular weight excluding hydrogens is 294 g/mol. The number of hydrogen-bond acceptors (Lipinski definition) is 5. The monoisotopic (exact) mass is 313 g/mol. The lowest BCUT2D eigenvalue weighted by atomic mass is 10.1. The maximum Gasteiger partial charge on any atom is 0.270 e. The van der Waals surface area contributed by atoms with Crippen molar-refractivity contribution in [1.82, 2.24) is 10.3 Å². The number of carbonyl (C=O) groups excluding carboxylic acids is 1. The molecule has 1 aromatic heterocycles. The zero-order chi connectivity index (χ0) is 16.4. The zero-order valence-electron chi connectivity index (χ0n) is 13.3. The summed E-state index contributed by atoms with van der Waals surface area (Å²) in [6, 6.07) is 9.11. The highest BCUT2D eigenvalue weighted by atomic mass is 16.7. The van der Waals surface area contributed by atoms with Gasteiger partial charge in [0.25, 0.3) is 5.91 Å². The quantitative estimate of drug-likeness (QED) is 0.911. The van der Waals surface area contributed by atoms with Crippen LogP contribution >= 0.6 is 0 Å². The minimum atomic E-state index is -0.306. The second-order valence-corrected chi connectivity index (χ2v) is 6.33. The number of fused-ring (bicyclic) bond motifs is 1. The van der Waals surface area contributed by atoms with E-state index in [-0.39, 0.29) is 18.2 Å². The van der Waals surface area contributed by atoms with E-state index < -0.39 is 0 Å². The van der Waals surface area contributed by atoms with E-state index in [0.29, 0.717) is 11.4 Å². The van der Waals surface area contributed by atoms with Gasteiger partial charge >= 0.3 is 0 Å². The van der Waals surface area contributed by atoms with Crippen molar-refractivity contribution in [2.45, 2.75) is 26.3 Å². The maximum absolute atomic E-state index is 12.2.